The Labute approximate surface area is 117 Å². The van der Waals surface area contributed by atoms with Crippen molar-refractivity contribution in [1.29, 1.82) is 0 Å². The van der Waals surface area contributed by atoms with Crippen molar-refractivity contribution >= 4 is 17.6 Å². The molecule has 0 aromatic carbocycles. The van der Waals surface area contributed by atoms with Gasteiger partial charge in [0.05, 0.1) is 0 Å². The van der Waals surface area contributed by atoms with Crippen LogP contribution in [0.25, 0.3) is 0 Å². The van der Waals surface area contributed by atoms with Gasteiger partial charge in [0.25, 0.3) is 0 Å². The van der Waals surface area contributed by atoms with Gasteiger partial charge in [-0.25, -0.2) is 0 Å². The maximum Gasteiger partial charge on any atom is 0.188 e. The number of thioether (sulfide) groups is 1. The molecule has 1 aromatic rings. The van der Waals surface area contributed by atoms with Gasteiger partial charge in [0.1, 0.15) is 5.69 Å². The van der Waals surface area contributed by atoms with Gasteiger partial charge in [0.2, 0.25) is 0 Å². The van der Waals surface area contributed by atoms with Gasteiger partial charge in [-0.05, 0) is 43.2 Å². The lowest BCUT2D eigenvalue weighted by molar-refractivity contribution is 0.318. The van der Waals surface area contributed by atoms with Crippen LogP contribution in [0.5, 0.6) is 0 Å². The van der Waals surface area contributed by atoms with E-state index in [1.54, 1.807) is 6.20 Å². The molecule has 0 aliphatic carbocycles. The molecule has 5 nitrogen and oxygen atoms in total. The van der Waals surface area contributed by atoms with Gasteiger partial charge in [0, 0.05) is 24.0 Å². The number of hydrogen-bond acceptors (Lipinski definition) is 5. The first-order chi connectivity index (χ1) is 9.13. The molecule has 2 heterocycles. The summed E-state index contributed by atoms with van der Waals surface area (Å²) in [5, 5.41) is 15.1. The smallest absolute Gasteiger partial charge is 0.188 e. The molecule has 1 atom stereocenters. The topological polar surface area (TPSA) is 83.5 Å². The summed E-state index contributed by atoms with van der Waals surface area (Å²) >= 11 is 2.04. The third-order valence-electron chi connectivity index (χ3n) is 3.32. The standard InChI is InChI=1S/C13H20N4OS/c1-13(4-2-6-19-13)9-15-8-10-3-5-16-11(7-10)12(14)17-18/h3,5,7,15,18H,2,4,6,8-9H2,1H3,(H2,14,17). The summed E-state index contributed by atoms with van der Waals surface area (Å²) in [6, 6.07) is 3.78. The third-order valence-corrected chi connectivity index (χ3v) is 4.86. The van der Waals surface area contributed by atoms with E-state index >= 15 is 0 Å². The van der Waals surface area contributed by atoms with Gasteiger partial charge >= 0.3 is 0 Å². The van der Waals surface area contributed by atoms with E-state index in [-0.39, 0.29) is 5.84 Å². The number of nitrogens with two attached hydrogens (primary N) is 1. The summed E-state index contributed by atoms with van der Waals surface area (Å²) in [6.45, 7) is 4.08. The number of nitrogens with zero attached hydrogens (tertiary/aromatic N) is 2. The molecule has 4 N–H and O–H groups in total. The Bertz CT molecular complexity index is 458. The minimum atomic E-state index is 0.0418. The zero-order chi connectivity index (χ0) is 13.7. The lowest BCUT2D eigenvalue weighted by Crippen LogP contribution is -2.32. The zero-order valence-electron chi connectivity index (χ0n) is 11.1. The highest BCUT2D eigenvalue weighted by Crippen LogP contribution is 2.36. The quantitative estimate of drug-likeness (QED) is 0.330. The second kappa shape index (κ2) is 6.25. The molecule has 1 saturated heterocycles. The number of amidine groups is 1. The third kappa shape index (κ3) is 3.84. The Balaban J connectivity index is 1.89. The van der Waals surface area contributed by atoms with Crippen molar-refractivity contribution in [1.82, 2.24) is 10.3 Å². The Morgan fingerprint density at radius 2 is 2.53 bits per heavy atom. The number of nitrogens with one attached hydrogen (secondary N) is 1. The number of rotatable bonds is 5. The molecular formula is C13H20N4OS. The molecule has 1 unspecified atom stereocenters. The lowest BCUT2D eigenvalue weighted by Gasteiger charge is -2.23. The van der Waals surface area contributed by atoms with E-state index in [1.807, 2.05) is 23.9 Å². The van der Waals surface area contributed by atoms with Crippen LogP contribution in [0.3, 0.4) is 0 Å². The van der Waals surface area contributed by atoms with Gasteiger partial charge in [-0.1, -0.05) is 5.16 Å². The Morgan fingerprint density at radius 3 is 3.21 bits per heavy atom. The maximum absolute atomic E-state index is 8.64. The minimum Gasteiger partial charge on any atom is -0.409 e. The van der Waals surface area contributed by atoms with Gasteiger partial charge in [0.15, 0.2) is 5.84 Å². The molecule has 2 rings (SSSR count). The van der Waals surface area contributed by atoms with Crippen molar-refractivity contribution in [2.75, 3.05) is 12.3 Å². The average molecular weight is 280 g/mol. The number of aromatic nitrogens is 1. The van der Waals surface area contributed by atoms with E-state index in [1.165, 1.54) is 18.6 Å². The van der Waals surface area contributed by atoms with Crippen LogP contribution in [0.1, 0.15) is 31.0 Å². The Hall–Kier alpha value is -1.27. The Morgan fingerprint density at radius 1 is 1.68 bits per heavy atom. The van der Waals surface area contributed by atoms with Gasteiger partial charge in [-0.15, -0.1) is 0 Å². The molecule has 0 saturated carbocycles. The Kier molecular flexibility index (Phi) is 4.66. The van der Waals surface area contributed by atoms with Crippen molar-refractivity contribution < 1.29 is 5.21 Å². The molecular weight excluding hydrogens is 260 g/mol. The van der Waals surface area contributed by atoms with Gasteiger partial charge < -0.3 is 16.3 Å². The first-order valence-electron chi connectivity index (χ1n) is 6.40. The van der Waals surface area contributed by atoms with Crippen molar-refractivity contribution in [3.63, 3.8) is 0 Å². The summed E-state index contributed by atoms with van der Waals surface area (Å²) in [5.41, 5.74) is 7.12. The van der Waals surface area contributed by atoms with E-state index in [0.717, 1.165) is 18.7 Å². The molecule has 0 amide bonds. The van der Waals surface area contributed by atoms with Crippen LogP contribution in [-0.4, -0.2) is 33.1 Å². The summed E-state index contributed by atoms with van der Waals surface area (Å²) in [5.74, 6) is 1.31. The fourth-order valence-corrected chi connectivity index (χ4v) is 3.50. The second-order valence-corrected chi connectivity index (χ2v) is 6.72. The molecule has 0 radical (unpaired) electrons. The van der Waals surface area contributed by atoms with Crippen LogP contribution in [0, 0.1) is 0 Å². The number of oxime groups is 1. The summed E-state index contributed by atoms with van der Waals surface area (Å²) in [4.78, 5) is 4.06. The highest BCUT2D eigenvalue weighted by molar-refractivity contribution is 8.00. The summed E-state index contributed by atoms with van der Waals surface area (Å²) < 4.78 is 0.363. The highest BCUT2D eigenvalue weighted by atomic mass is 32.2. The van der Waals surface area contributed by atoms with Crippen LogP contribution in [0.2, 0.25) is 0 Å². The maximum atomic E-state index is 8.64. The molecule has 19 heavy (non-hydrogen) atoms. The van der Waals surface area contributed by atoms with Crippen molar-refractivity contribution in [2.24, 2.45) is 10.9 Å². The van der Waals surface area contributed by atoms with Gasteiger partial charge in [-0.2, -0.15) is 11.8 Å². The molecule has 1 aliphatic heterocycles. The fourth-order valence-electron chi connectivity index (χ4n) is 2.22. The molecule has 104 valence electrons. The van der Waals surface area contributed by atoms with E-state index in [0.29, 0.717) is 10.4 Å². The van der Waals surface area contributed by atoms with E-state index in [4.69, 9.17) is 10.9 Å². The van der Waals surface area contributed by atoms with E-state index < -0.39 is 0 Å². The van der Waals surface area contributed by atoms with Crippen LogP contribution in [0.15, 0.2) is 23.5 Å². The molecule has 1 aromatic heterocycles. The van der Waals surface area contributed by atoms with Crippen LogP contribution in [0.4, 0.5) is 0 Å². The number of pyridine rings is 1. The fraction of sp³-hybridized carbons (Fsp3) is 0.538. The summed E-state index contributed by atoms with van der Waals surface area (Å²) in [7, 11) is 0. The molecule has 0 bridgehead atoms. The largest absolute Gasteiger partial charge is 0.409 e. The van der Waals surface area contributed by atoms with Crippen molar-refractivity contribution in [3.8, 4) is 0 Å². The van der Waals surface area contributed by atoms with E-state index in [2.05, 4.69) is 22.4 Å². The lowest BCUT2D eigenvalue weighted by atomic mass is 10.1. The predicted octanol–water partition coefficient (Wildman–Crippen LogP) is 1.55. The highest BCUT2D eigenvalue weighted by Gasteiger charge is 2.28. The average Bonchev–Trinajstić information content (AvgIpc) is 2.85. The van der Waals surface area contributed by atoms with Crippen LogP contribution in [-0.2, 0) is 6.54 Å². The van der Waals surface area contributed by atoms with Crippen molar-refractivity contribution in [3.05, 3.63) is 29.6 Å². The molecule has 6 heteroatoms. The van der Waals surface area contributed by atoms with Crippen LogP contribution < -0.4 is 11.1 Å². The predicted molar refractivity (Wildman–Crippen MR) is 78.6 cm³/mol. The molecule has 1 aliphatic rings. The normalized spacial score (nSPS) is 23.7. The van der Waals surface area contributed by atoms with Crippen LogP contribution >= 0.6 is 11.8 Å². The molecule has 0 spiro atoms. The van der Waals surface area contributed by atoms with E-state index in [9.17, 15) is 0 Å². The second-order valence-electron chi connectivity index (χ2n) is 5.04. The summed E-state index contributed by atoms with van der Waals surface area (Å²) in [6.07, 6.45) is 4.26. The van der Waals surface area contributed by atoms with Gasteiger partial charge in [-0.3, -0.25) is 4.98 Å². The van der Waals surface area contributed by atoms with Crippen molar-refractivity contribution in [2.45, 2.75) is 31.1 Å². The SMILES string of the molecule is CC1(CNCc2ccnc(/C(N)=N/O)c2)CCCS1. The minimum absolute atomic E-state index is 0.0418. The molecule has 1 fully saturated rings. The number of hydrogen-bond donors (Lipinski definition) is 3. The first-order valence-corrected chi connectivity index (χ1v) is 7.39. The monoisotopic (exact) mass is 280 g/mol. The zero-order valence-corrected chi connectivity index (χ0v) is 11.9. The first kappa shape index (κ1) is 14.1.